The summed E-state index contributed by atoms with van der Waals surface area (Å²) in [6.07, 6.45) is 0. The average Bonchev–Trinajstić information content (AvgIpc) is 1.59. The number of benzene rings is 12. The summed E-state index contributed by atoms with van der Waals surface area (Å²) in [6, 6.07) is 96.7. The summed E-state index contributed by atoms with van der Waals surface area (Å²) in [5, 5.41) is 10.2. The molecular formula is C83H66N4. The number of hydrogen-bond donors (Lipinski definition) is 0. The lowest BCUT2D eigenvalue weighted by Gasteiger charge is -2.30. The maximum absolute atomic E-state index is 2.58. The van der Waals surface area contributed by atoms with Gasteiger partial charge in [0.25, 0.3) is 0 Å². The fraction of sp³-hybridized carbons (Fsp3) is 0.133. The van der Waals surface area contributed by atoms with E-state index in [1.54, 1.807) is 0 Å². The zero-order chi connectivity index (χ0) is 58.8. The SMILES string of the molecule is CC(C)(C)c1cccc2c1c1ccc3cc1n2-c1ccc(cc1)-c1cccc(c1)-c1ccc2c(c1C(C)(C)c1ccc(cc1)-n1c4cc-3ccc4c3c(C(C)(C)C)c4c5ccccc5n(-c5ccccc5)c4cc31)c1ccccc1n2-c1ccccc1. The van der Waals surface area contributed by atoms with Gasteiger partial charge in [0.05, 0.1) is 44.1 Å². The van der Waals surface area contributed by atoms with Crippen LogP contribution in [0.15, 0.2) is 255 Å². The summed E-state index contributed by atoms with van der Waals surface area (Å²) in [5.41, 5.74) is 25.7. The third-order valence-electron chi connectivity index (χ3n) is 19.3. The maximum atomic E-state index is 2.58. The van der Waals surface area contributed by atoms with E-state index in [1.165, 1.54) is 143 Å². The number of fused-ring (bicyclic) bond motifs is 10. The molecule has 0 saturated heterocycles. The molecule has 0 N–H and O–H groups in total. The summed E-state index contributed by atoms with van der Waals surface area (Å²) in [5.74, 6) is 0. The Morgan fingerprint density at radius 2 is 0.713 bits per heavy atom. The molecule has 0 atom stereocenters. The lowest BCUT2D eigenvalue weighted by atomic mass is 9.73. The molecule has 12 aromatic carbocycles. The third-order valence-corrected chi connectivity index (χ3v) is 19.3. The zero-order valence-electron chi connectivity index (χ0n) is 50.5. The highest BCUT2D eigenvalue weighted by Gasteiger charge is 2.34. The molecule has 0 aliphatic carbocycles. The number of para-hydroxylation sites is 4. The molecule has 0 saturated carbocycles. The first kappa shape index (κ1) is 51.3. The Bertz CT molecular complexity index is 5510. The van der Waals surface area contributed by atoms with E-state index in [-0.39, 0.29) is 10.8 Å². The van der Waals surface area contributed by atoms with Gasteiger partial charge in [-0.2, -0.15) is 0 Å². The summed E-state index contributed by atoms with van der Waals surface area (Å²) >= 11 is 0. The van der Waals surface area contributed by atoms with Crippen molar-refractivity contribution < 1.29 is 0 Å². The van der Waals surface area contributed by atoms with Crippen molar-refractivity contribution in [2.24, 2.45) is 0 Å². The highest BCUT2D eigenvalue weighted by molar-refractivity contribution is 6.23. The van der Waals surface area contributed by atoms with E-state index in [2.05, 4.69) is 328 Å². The van der Waals surface area contributed by atoms with Crippen LogP contribution in [0.25, 0.3) is 143 Å². The van der Waals surface area contributed by atoms with Gasteiger partial charge in [0.2, 0.25) is 0 Å². The van der Waals surface area contributed by atoms with Crippen LogP contribution in [-0.4, -0.2) is 18.3 Å². The zero-order valence-corrected chi connectivity index (χ0v) is 50.5. The first-order chi connectivity index (χ1) is 42.2. The van der Waals surface area contributed by atoms with Crippen molar-refractivity contribution in [2.75, 3.05) is 0 Å². The molecule has 87 heavy (non-hydrogen) atoms. The topological polar surface area (TPSA) is 19.7 Å². The molecule has 16 aromatic rings. The molecule has 418 valence electrons. The van der Waals surface area contributed by atoms with Gasteiger partial charge in [-0.05, 0) is 164 Å². The van der Waals surface area contributed by atoms with Gasteiger partial charge in [0.15, 0.2) is 0 Å². The minimum Gasteiger partial charge on any atom is -0.309 e. The minimum atomic E-state index is -0.480. The van der Waals surface area contributed by atoms with Gasteiger partial charge in [-0.1, -0.05) is 213 Å². The van der Waals surface area contributed by atoms with E-state index in [0.717, 1.165) is 22.7 Å². The first-order valence-corrected chi connectivity index (χ1v) is 30.8. The smallest absolute Gasteiger partial charge is 0.0565 e. The molecular weight excluding hydrogens is 1050 g/mol. The van der Waals surface area contributed by atoms with Gasteiger partial charge in [-0.25, -0.2) is 0 Å². The van der Waals surface area contributed by atoms with Crippen LogP contribution in [0.4, 0.5) is 0 Å². The second kappa shape index (κ2) is 18.4. The van der Waals surface area contributed by atoms with Crippen LogP contribution >= 0.6 is 0 Å². The molecule has 4 heteroatoms. The summed E-state index contributed by atoms with van der Waals surface area (Å²) in [7, 11) is 0. The van der Waals surface area contributed by atoms with E-state index in [1.807, 2.05) is 0 Å². The quantitative estimate of drug-likeness (QED) is 0.164. The van der Waals surface area contributed by atoms with E-state index in [4.69, 9.17) is 0 Å². The van der Waals surface area contributed by atoms with Gasteiger partial charge in [0, 0.05) is 71.3 Å². The summed E-state index contributed by atoms with van der Waals surface area (Å²) in [4.78, 5) is 0. The fourth-order valence-corrected chi connectivity index (χ4v) is 15.5. The number of hydrogen-bond acceptors (Lipinski definition) is 0. The Morgan fingerprint density at radius 1 is 0.276 bits per heavy atom. The summed E-state index contributed by atoms with van der Waals surface area (Å²) < 4.78 is 10.0. The molecule has 0 fully saturated rings. The molecule has 20 rings (SSSR count). The molecule has 4 aromatic heterocycles. The molecule has 4 nitrogen and oxygen atoms in total. The summed E-state index contributed by atoms with van der Waals surface area (Å²) in [6.45, 7) is 19.1. The van der Waals surface area contributed by atoms with Crippen molar-refractivity contribution in [3.05, 3.63) is 277 Å². The van der Waals surface area contributed by atoms with E-state index in [0.29, 0.717) is 0 Å². The Labute approximate surface area is 507 Å². The van der Waals surface area contributed by atoms with Crippen molar-refractivity contribution in [2.45, 2.75) is 71.6 Å². The van der Waals surface area contributed by atoms with Crippen LogP contribution in [0.3, 0.4) is 0 Å². The third kappa shape index (κ3) is 7.50. The number of nitrogens with zero attached hydrogens (tertiary/aromatic N) is 4. The van der Waals surface area contributed by atoms with Crippen LogP contribution in [0.5, 0.6) is 0 Å². The molecule has 4 aliphatic rings. The standard InChI is InChI=1S/C83H66N4/c1-81(2,3)66-29-20-32-69-75(66)64-43-35-53-48-71(64)86(69)59-39-33-51(34-40-59)52-21-19-22-55(47-52)61-45-46-70-76(62-27-15-17-30-67(62)84(70)57-23-11-9-12-24-57)79(61)83(7,8)56-37-41-60(42-38-56)87-72-49-54(53)36-44-65(72)78-74(87)50-73-77(80(78)82(4,5)6)63-28-16-18-31-68(63)85(73)58-25-13-10-14-26-58/h9-50H,1-8H3. The Hall–Kier alpha value is -10.2. The molecule has 0 amide bonds. The predicted molar refractivity (Wildman–Crippen MR) is 370 cm³/mol. The highest BCUT2D eigenvalue weighted by atomic mass is 15.0. The first-order valence-electron chi connectivity index (χ1n) is 30.8. The van der Waals surface area contributed by atoms with Crippen molar-refractivity contribution in [3.63, 3.8) is 0 Å². The molecule has 10 bridgehead atoms. The predicted octanol–water partition coefficient (Wildman–Crippen LogP) is 22.3. The van der Waals surface area contributed by atoms with Crippen LogP contribution in [0.2, 0.25) is 0 Å². The molecule has 4 aliphatic heterocycles. The monoisotopic (exact) mass is 1120 g/mol. The van der Waals surface area contributed by atoms with Crippen LogP contribution in [0, 0.1) is 0 Å². The lowest BCUT2D eigenvalue weighted by Crippen LogP contribution is -2.21. The molecule has 8 heterocycles. The number of aromatic nitrogens is 4. The van der Waals surface area contributed by atoms with Crippen LogP contribution in [-0.2, 0) is 16.2 Å². The molecule has 0 unspecified atom stereocenters. The maximum Gasteiger partial charge on any atom is 0.0565 e. The molecule has 0 radical (unpaired) electrons. The van der Waals surface area contributed by atoms with Crippen molar-refractivity contribution in [3.8, 4) is 56.1 Å². The minimum absolute atomic E-state index is 0.0742. The van der Waals surface area contributed by atoms with Crippen molar-refractivity contribution in [1.82, 2.24) is 18.3 Å². The van der Waals surface area contributed by atoms with Crippen molar-refractivity contribution >= 4 is 87.2 Å². The van der Waals surface area contributed by atoms with Gasteiger partial charge in [0.1, 0.15) is 0 Å². The van der Waals surface area contributed by atoms with Crippen molar-refractivity contribution in [1.29, 1.82) is 0 Å². The Kier molecular flexibility index (Phi) is 10.9. The highest BCUT2D eigenvalue weighted by Crippen LogP contribution is 2.51. The van der Waals surface area contributed by atoms with E-state index in [9.17, 15) is 0 Å². The van der Waals surface area contributed by atoms with Crippen LogP contribution < -0.4 is 0 Å². The Balaban J connectivity index is 1.01. The lowest BCUT2D eigenvalue weighted by molar-refractivity contribution is 0.596. The second-order valence-electron chi connectivity index (χ2n) is 26.9. The largest absolute Gasteiger partial charge is 0.309 e. The van der Waals surface area contributed by atoms with Crippen LogP contribution in [0.1, 0.15) is 77.6 Å². The number of rotatable bonds is 2. The average molecular weight is 1120 g/mol. The fourth-order valence-electron chi connectivity index (χ4n) is 15.5. The van der Waals surface area contributed by atoms with Gasteiger partial charge < -0.3 is 18.3 Å². The van der Waals surface area contributed by atoms with E-state index >= 15 is 0 Å². The Morgan fingerprint density at radius 3 is 1.31 bits per heavy atom. The molecule has 0 spiro atoms. The van der Waals surface area contributed by atoms with Gasteiger partial charge in [-0.3, -0.25) is 0 Å². The normalized spacial score (nSPS) is 13.4. The van der Waals surface area contributed by atoms with Gasteiger partial charge in [-0.15, -0.1) is 0 Å². The van der Waals surface area contributed by atoms with Gasteiger partial charge >= 0.3 is 0 Å². The second-order valence-corrected chi connectivity index (χ2v) is 26.9. The van der Waals surface area contributed by atoms with E-state index < -0.39 is 5.41 Å².